The first-order chi connectivity index (χ1) is 13.0. The summed E-state index contributed by atoms with van der Waals surface area (Å²) in [5, 5.41) is 9.77. The van der Waals surface area contributed by atoms with E-state index in [-0.39, 0.29) is 37.1 Å². The Balaban J connectivity index is 1.50. The zero-order valence-corrected chi connectivity index (χ0v) is 13.8. The molecular weight excluding hydrogens is 398 g/mol. The van der Waals surface area contributed by atoms with Gasteiger partial charge < -0.3 is 14.6 Å². The van der Waals surface area contributed by atoms with Crippen molar-refractivity contribution < 1.29 is 40.3 Å². The van der Waals surface area contributed by atoms with Gasteiger partial charge in [-0.2, -0.15) is 13.2 Å². The third-order valence-electron chi connectivity index (χ3n) is 3.78. The molecule has 1 saturated heterocycles. The number of aromatic nitrogens is 2. The van der Waals surface area contributed by atoms with E-state index < -0.39 is 30.1 Å². The van der Waals surface area contributed by atoms with Crippen LogP contribution in [0.3, 0.4) is 0 Å². The molecular formula is C15H12F6N4O3. The molecule has 1 aromatic carbocycles. The van der Waals surface area contributed by atoms with Crippen LogP contribution in [0.25, 0.3) is 11.5 Å². The quantitative estimate of drug-likeness (QED) is 0.764. The summed E-state index contributed by atoms with van der Waals surface area (Å²) in [5.41, 5.74) is -0.586. The van der Waals surface area contributed by atoms with Gasteiger partial charge in [0.25, 0.3) is 0 Å². The van der Waals surface area contributed by atoms with Crippen LogP contribution in [-0.4, -0.2) is 53.1 Å². The highest BCUT2D eigenvalue weighted by Crippen LogP contribution is 2.31. The Bertz CT molecular complexity index is 828. The molecule has 28 heavy (non-hydrogen) atoms. The zero-order valence-electron chi connectivity index (χ0n) is 13.8. The van der Waals surface area contributed by atoms with Crippen molar-refractivity contribution in [3.8, 4) is 11.5 Å². The van der Waals surface area contributed by atoms with Gasteiger partial charge in [0.15, 0.2) is 0 Å². The van der Waals surface area contributed by atoms with E-state index in [9.17, 15) is 31.1 Å². The van der Waals surface area contributed by atoms with Crippen LogP contribution in [0.2, 0.25) is 0 Å². The average molecular weight is 410 g/mol. The maximum absolute atomic E-state index is 12.5. The van der Waals surface area contributed by atoms with Crippen LogP contribution < -0.4 is 5.32 Å². The number of carbonyl (C=O) groups is 1. The minimum absolute atomic E-state index is 0.0636. The number of anilines is 1. The minimum atomic E-state index is -4.75. The van der Waals surface area contributed by atoms with Gasteiger partial charge >= 0.3 is 18.6 Å². The largest absolute Gasteiger partial charge is 0.522 e. The smallest absolute Gasteiger partial charge is 0.403 e. The Morgan fingerprint density at radius 3 is 2.36 bits per heavy atom. The predicted molar refractivity (Wildman–Crippen MR) is 80.7 cm³/mol. The summed E-state index contributed by atoms with van der Waals surface area (Å²) < 4.78 is 82.7. The second kappa shape index (κ2) is 7.30. The van der Waals surface area contributed by atoms with Gasteiger partial charge in [-0.3, -0.25) is 9.53 Å². The Labute approximate surface area is 153 Å². The van der Waals surface area contributed by atoms with Crippen molar-refractivity contribution in [3.05, 3.63) is 29.8 Å². The van der Waals surface area contributed by atoms with E-state index in [1.165, 1.54) is 0 Å². The number of benzene rings is 1. The van der Waals surface area contributed by atoms with E-state index >= 15 is 0 Å². The number of likely N-dealkylation sites (tertiary alicyclic amines) is 1. The van der Waals surface area contributed by atoms with E-state index in [4.69, 9.17) is 4.42 Å². The SMILES string of the molecule is O=C(CNc1nnc(-c2ccc(C(F)(F)F)cc2)o1)N1CC(OC(F)(F)F)C1. The Morgan fingerprint density at radius 1 is 1.14 bits per heavy atom. The molecule has 0 bridgehead atoms. The summed E-state index contributed by atoms with van der Waals surface area (Å²) in [6.45, 7) is -0.700. The number of nitrogens with one attached hydrogen (secondary N) is 1. The number of alkyl halides is 6. The topological polar surface area (TPSA) is 80.5 Å². The molecule has 1 aliphatic rings. The van der Waals surface area contributed by atoms with E-state index in [1.807, 2.05) is 0 Å². The van der Waals surface area contributed by atoms with E-state index in [2.05, 4.69) is 20.3 Å². The standard InChI is InChI=1S/C15H12F6N4O3/c16-14(17,18)9-3-1-8(2-4-9)12-23-24-13(27-12)22-5-11(26)25-6-10(7-25)28-15(19,20)21/h1-4,10H,5-7H2,(H,22,24). The van der Waals surface area contributed by atoms with Crippen molar-refractivity contribution in [2.45, 2.75) is 18.6 Å². The van der Waals surface area contributed by atoms with Crippen molar-refractivity contribution in [2.24, 2.45) is 0 Å². The van der Waals surface area contributed by atoms with E-state index in [0.29, 0.717) is 0 Å². The molecule has 152 valence electrons. The van der Waals surface area contributed by atoms with Gasteiger partial charge in [-0.05, 0) is 24.3 Å². The van der Waals surface area contributed by atoms with Crippen LogP contribution in [0.15, 0.2) is 28.7 Å². The molecule has 0 atom stereocenters. The number of nitrogens with zero attached hydrogens (tertiary/aromatic N) is 3. The lowest BCUT2D eigenvalue weighted by Gasteiger charge is -2.38. The molecule has 3 rings (SSSR count). The van der Waals surface area contributed by atoms with Crippen LogP contribution in [0.1, 0.15) is 5.56 Å². The van der Waals surface area contributed by atoms with Crippen LogP contribution in [0, 0.1) is 0 Å². The van der Waals surface area contributed by atoms with Gasteiger partial charge in [0, 0.05) is 18.7 Å². The molecule has 0 saturated carbocycles. The number of carbonyl (C=O) groups excluding carboxylic acids is 1. The van der Waals surface area contributed by atoms with Gasteiger partial charge in [-0.15, -0.1) is 18.3 Å². The molecule has 1 amide bonds. The van der Waals surface area contributed by atoms with E-state index in [1.54, 1.807) is 0 Å². The second-order valence-corrected chi connectivity index (χ2v) is 5.83. The van der Waals surface area contributed by atoms with Gasteiger partial charge in [0.1, 0.15) is 6.10 Å². The fourth-order valence-corrected chi connectivity index (χ4v) is 2.38. The van der Waals surface area contributed by atoms with Crippen LogP contribution in [0.5, 0.6) is 0 Å². The van der Waals surface area contributed by atoms with Crippen LogP contribution in [0.4, 0.5) is 32.4 Å². The third kappa shape index (κ3) is 4.91. The van der Waals surface area contributed by atoms with Crippen molar-refractivity contribution in [2.75, 3.05) is 25.0 Å². The Hall–Kier alpha value is -2.83. The molecule has 13 heteroatoms. The minimum Gasteiger partial charge on any atom is -0.403 e. The lowest BCUT2D eigenvalue weighted by atomic mass is 10.1. The summed E-state index contributed by atoms with van der Waals surface area (Å²) in [6, 6.07) is 3.88. The predicted octanol–water partition coefficient (Wildman–Crippen LogP) is 2.91. The molecule has 1 fully saturated rings. The highest BCUT2D eigenvalue weighted by molar-refractivity contribution is 5.81. The molecule has 1 aromatic heterocycles. The Kier molecular flexibility index (Phi) is 5.19. The monoisotopic (exact) mass is 410 g/mol. The molecule has 2 aromatic rings. The summed E-state index contributed by atoms with van der Waals surface area (Å²) in [6.07, 6.45) is -10.3. The maximum atomic E-state index is 12.5. The first-order valence-electron chi connectivity index (χ1n) is 7.78. The zero-order chi connectivity index (χ0) is 20.5. The highest BCUT2D eigenvalue weighted by atomic mass is 19.4. The van der Waals surface area contributed by atoms with Gasteiger partial charge in [0.05, 0.1) is 12.1 Å². The Morgan fingerprint density at radius 2 is 1.79 bits per heavy atom. The number of hydrogen-bond donors (Lipinski definition) is 1. The maximum Gasteiger partial charge on any atom is 0.522 e. The molecule has 0 unspecified atom stereocenters. The van der Waals surface area contributed by atoms with Crippen LogP contribution >= 0.6 is 0 Å². The number of ether oxygens (including phenoxy) is 1. The normalized spacial score (nSPS) is 15.4. The number of rotatable bonds is 5. The fraction of sp³-hybridized carbons (Fsp3) is 0.400. The number of amides is 1. The molecule has 0 radical (unpaired) electrons. The number of hydrogen-bond acceptors (Lipinski definition) is 6. The average Bonchev–Trinajstić information content (AvgIpc) is 3.03. The second-order valence-electron chi connectivity index (χ2n) is 5.83. The fourth-order valence-electron chi connectivity index (χ4n) is 2.38. The third-order valence-corrected chi connectivity index (χ3v) is 3.78. The lowest BCUT2D eigenvalue weighted by Crippen LogP contribution is -2.57. The summed E-state index contributed by atoms with van der Waals surface area (Å²) >= 11 is 0. The first-order valence-corrected chi connectivity index (χ1v) is 7.78. The van der Waals surface area contributed by atoms with Gasteiger partial charge in [-0.25, -0.2) is 0 Å². The van der Waals surface area contributed by atoms with Crippen LogP contribution in [-0.2, 0) is 15.7 Å². The summed E-state index contributed by atoms with van der Waals surface area (Å²) in [5.74, 6) is -0.567. The molecule has 7 nitrogen and oxygen atoms in total. The van der Waals surface area contributed by atoms with Crippen molar-refractivity contribution >= 4 is 11.9 Å². The van der Waals surface area contributed by atoms with Gasteiger partial charge in [0.2, 0.25) is 11.8 Å². The molecule has 1 aliphatic heterocycles. The highest BCUT2D eigenvalue weighted by Gasteiger charge is 2.40. The van der Waals surface area contributed by atoms with Crippen molar-refractivity contribution in [1.29, 1.82) is 0 Å². The summed E-state index contributed by atoms with van der Waals surface area (Å²) in [7, 11) is 0. The number of halogens is 6. The van der Waals surface area contributed by atoms with Crippen molar-refractivity contribution in [3.63, 3.8) is 0 Å². The van der Waals surface area contributed by atoms with Crippen molar-refractivity contribution in [1.82, 2.24) is 15.1 Å². The van der Waals surface area contributed by atoms with E-state index in [0.717, 1.165) is 29.2 Å². The first kappa shape index (κ1) is 19.9. The molecule has 2 heterocycles. The molecule has 1 N–H and O–H groups in total. The molecule has 0 aliphatic carbocycles. The molecule has 0 spiro atoms. The summed E-state index contributed by atoms with van der Waals surface area (Å²) in [4.78, 5) is 13.0. The van der Waals surface area contributed by atoms with Gasteiger partial charge in [-0.1, -0.05) is 5.10 Å². The lowest BCUT2D eigenvalue weighted by molar-refractivity contribution is -0.353.